The molecule has 0 unspecified atom stereocenters. The van der Waals surface area contributed by atoms with Crippen molar-refractivity contribution in [2.75, 3.05) is 4.90 Å². The summed E-state index contributed by atoms with van der Waals surface area (Å²) in [6, 6.07) is 82.9. The van der Waals surface area contributed by atoms with Crippen molar-refractivity contribution in [1.82, 2.24) is 4.57 Å². The minimum Gasteiger partial charge on any atom is -0.310 e. The quantitative estimate of drug-likeness (QED) is 0.152. The predicted octanol–water partition coefficient (Wildman–Crippen LogP) is 14.9. The van der Waals surface area contributed by atoms with E-state index >= 15 is 0 Å². The van der Waals surface area contributed by atoms with Crippen LogP contribution in [0.5, 0.6) is 0 Å². The van der Waals surface area contributed by atoms with Crippen molar-refractivity contribution < 1.29 is 0 Å². The molecule has 10 aromatic rings. The van der Waals surface area contributed by atoms with Gasteiger partial charge in [0.2, 0.25) is 0 Å². The molecule has 0 aliphatic heterocycles. The van der Waals surface area contributed by atoms with Crippen LogP contribution in [0.15, 0.2) is 231 Å². The van der Waals surface area contributed by atoms with E-state index in [0.717, 1.165) is 28.3 Å². The van der Waals surface area contributed by atoms with E-state index in [9.17, 15) is 0 Å². The molecule has 9 aromatic carbocycles. The summed E-state index contributed by atoms with van der Waals surface area (Å²) in [5.41, 5.74) is 16.5. The molecule has 0 aliphatic rings. The van der Waals surface area contributed by atoms with Gasteiger partial charge in [-0.15, -0.1) is 0 Å². The molecule has 2 heteroatoms. The fraction of sp³-hybridized carbons (Fsp3) is 0. The van der Waals surface area contributed by atoms with Gasteiger partial charge >= 0.3 is 0 Å². The maximum Gasteiger partial charge on any atom is 0.0547 e. The topological polar surface area (TPSA) is 8.17 Å². The Morgan fingerprint density at radius 1 is 0.286 bits per heavy atom. The molecular weight excluding hydrogens is 677 g/mol. The van der Waals surface area contributed by atoms with Crippen molar-refractivity contribution in [2.45, 2.75) is 0 Å². The lowest BCUT2D eigenvalue weighted by Crippen LogP contribution is -2.11. The Morgan fingerprint density at radius 2 is 0.750 bits per heavy atom. The number of anilines is 3. The molecule has 0 fully saturated rings. The van der Waals surface area contributed by atoms with E-state index in [1.807, 2.05) is 0 Å². The molecule has 0 aliphatic carbocycles. The van der Waals surface area contributed by atoms with Gasteiger partial charge in [0.15, 0.2) is 0 Å². The second-order valence-electron chi connectivity index (χ2n) is 14.1. The molecule has 264 valence electrons. The summed E-state index contributed by atoms with van der Waals surface area (Å²) < 4.78 is 2.38. The largest absolute Gasteiger partial charge is 0.310 e. The van der Waals surface area contributed by atoms with Crippen LogP contribution < -0.4 is 4.90 Å². The Morgan fingerprint density at radius 3 is 1.46 bits per heavy atom. The lowest BCUT2D eigenvalue weighted by molar-refractivity contribution is 1.18. The molecule has 0 saturated heterocycles. The average molecular weight is 715 g/mol. The zero-order valence-electron chi connectivity index (χ0n) is 30.8. The molecule has 10 rings (SSSR count). The van der Waals surface area contributed by atoms with Crippen molar-refractivity contribution >= 4 is 38.9 Å². The smallest absolute Gasteiger partial charge is 0.0547 e. The number of hydrogen-bond acceptors (Lipinski definition) is 1. The highest BCUT2D eigenvalue weighted by molar-refractivity contribution is 6.15. The Bertz CT molecular complexity index is 2940. The first-order valence-electron chi connectivity index (χ1n) is 19.2. The van der Waals surface area contributed by atoms with Gasteiger partial charge in [0.05, 0.1) is 16.7 Å². The Labute approximate surface area is 327 Å². The van der Waals surface area contributed by atoms with Crippen LogP contribution >= 0.6 is 0 Å². The SMILES string of the molecule is c1ccc(-c2ccccc2-c2ccccc2-c2ccccc2N(c2ccccc2)c2ccc(-c3cccc4c3c3ccccc3n4-c3ccccc3)cc2)cc1. The van der Waals surface area contributed by atoms with E-state index in [1.165, 1.54) is 60.8 Å². The zero-order chi connectivity index (χ0) is 37.3. The number of para-hydroxylation sites is 4. The lowest BCUT2D eigenvalue weighted by Gasteiger charge is -2.28. The number of rotatable bonds is 8. The summed E-state index contributed by atoms with van der Waals surface area (Å²) in [6.45, 7) is 0. The van der Waals surface area contributed by atoms with Gasteiger partial charge in [-0.3, -0.25) is 0 Å². The fourth-order valence-electron chi connectivity index (χ4n) is 8.35. The van der Waals surface area contributed by atoms with Gasteiger partial charge < -0.3 is 9.47 Å². The van der Waals surface area contributed by atoms with E-state index in [4.69, 9.17) is 0 Å². The number of nitrogens with zero attached hydrogens (tertiary/aromatic N) is 2. The highest BCUT2D eigenvalue weighted by Gasteiger charge is 2.21. The minimum absolute atomic E-state index is 1.09. The molecule has 0 radical (unpaired) electrons. The van der Waals surface area contributed by atoms with Gasteiger partial charge in [-0.25, -0.2) is 0 Å². The highest BCUT2D eigenvalue weighted by atomic mass is 15.1. The van der Waals surface area contributed by atoms with Gasteiger partial charge in [-0.05, 0) is 93.5 Å². The molecule has 0 bridgehead atoms. The normalized spacial score (nSPS) is 11.2. The van der Waals surface area contributed by atoms with Crippen molar-refractivity contribution in [3.8, 4) is 50.2 Å². The van der Waals surface area contributed by atoms with Crippen LogP contribution in [0, 0.1) is 0 Å². The van der Waals surface area contributed by atoms with Gasteiger partial charge in [0.25, 0.3) is 0 Å². The Balaban J connectivity index is 1.11. The second kappa shape index (κ2) is 14.4. The average Bonchev–Trinajstić information content (AvgIpc) is 3.63. The summed E-state index contributed by atoms with van der Waals surface area (Å²) in [5, 5.41) is 2.51. The second-order valence-corrected chi connectivity index (χ2v) is 14.1. The standard InChI is InChI=1S/C54H38N2/c1-4-19-39(20-5-1)44-25-10-11-26-46(44)47-27-12-13-28-48(47)49-29-14-16-32-51(49)55(41-21-6-2-7-22-41)43-37-35-40(36-38-43)45-31-18-34-53-54(45)50-30-15-17-33-52(50)56(53)42-23-8-3-9-24-42/h1-38H. The number of aromatic nitrogens is 1. The first-order valence-corrected chi connectivity index (χ1v) is 19.2. The third-order valence-electron chi connectivity index (χ3n) is 10.8. The molecule has 0 spiro atoms. The van der Waals surface area contributed by atoms with Crippen LogP contribution in [0.2, 0.25) is 0 Å². The zero-order valence-corrected chi connectivity index (χ0v) is 30.8. The molecule has 0 amide bonds. The van der Waals surface area contributed by atoms with Crippen molar-refractivity contribution in [2.24, 2.45) is 0 Å². The Hall–Kier alpha value is -7.42. The number of fused-ring (bicyclic) bond motifs is 3. The maximum atomic E-state index is 2.39. The molecule has 1 aromatic heterocycles. The summed E-state index contributed by atoms with van der Waals surface area (Å²) in [7, 11) is 0. The van der Waals surface area contributed by atoms with Crippen LogP contribution in [-0.4, -0.2) is 4.57 Å². The highest BCUT2D eigenvalue weighted by Crippen LogP contribution is 2.46. The van der Waals surface area contributed by atoms with E-state index in [2.05, 4.69) is 240 Å². The third-order valence-corrected chi connectivity index (χ3v) is 10.8. The summed E-state index contributed by atoms with van der Waals surface area (Å²) in [6.07, 6.45) is 0. The van der Waals surface area contributed by atoms with E-state index < -0.39 is 0 Å². The van der Waals surface area contributed by atoms with E-state index in [-0.39, 0.29) is 0 Å². The molecule has 1 heterocycles. The first kappa shape index (κ1) is 33.2. The minimum atomic E-state index is 1.09. The van der Waals surface area contributed by atoms with Crippen LogP contribution in [0.3, 0.4) is 0 Å². The van der Waals surface area contributed by atoms with Crippen molar-refractivity contribution in [3.63, 3.8) is 0 Å². The van der Waals surface area contributed by atoms with E-state index in [0.29, 0.717) is 0 Å². The molecular formula is C54H38N2. The molecule has 2 nitrogen and oxygen atoms in total. The van der Waals surface area contributed by atoms with Gasteiger partial charge in [0, 0.05) is 33.4 Å². The predicted molar refractivity (Wildman–Crippen MR) is 237 cm³/mol. The maximum absolute atomic E-state index is 2.39. The van der Waals surface area contributed by atoms with Crippen molar-refractivity contribution in [1.29, 1.82) is 0 Å². The van der Waals surface area contributed by atoms with E-state index in [1.54, 1.807) is 0 Å². The van der Waals surface area contributed by atoms with Crippen LogP contribution in [-0.2, 0) is 0 Å². The van der Waals surface area contributed by atoms with Crippen LogP contribution in [0.25, 0.3) is 72.0 Å². The summed E-state index contributed by atoms with van der Waals surface area (Å²) in [4.78, 5) is 2.39. The van der Waals surface area contributed by atoms with Gasteiger partial charge in [-0.1, -0.05) is 176 Å². The molecule has 56 heavy (non-hydrogen) atoms. The molecule has 0 saturated carbocycles. The Kier molecular flexibility index (Phi) is 8.55. The fourth-order valence-corrected chi connectivity index (χ4v) is 8.35. The number of hydrogen-bond donors (Lipinski definition) is 0. The van der Waals surface area contributed by atoms with Crippen LogP contribution in [0.1, 0.15) is 0 Å². The summed E-state index contributed by atoms with van der Waals surface area (Å²) >= 11 is 0. The summed E-state index contributed by atoms with van der Waals surface area (Å²) in [5.74, 6) is 0. The van der Waals surface area contributed by atoms with Gasteiger partial charge in [-0.2, -0.15) is 0 Å². The lowest BCUT2D eigenvalue weighted by atomic mass is 9.88. The first-order chi connectivity index (χ1) is 27.8. The number of benzene rings is 9. The third kappa shape index (κ3) is 5.85. The van der Waals surface area contributed by atoms with Crippen molar-refractivity contribution in [3.05, 3.63) is 231 Å². The monoisotopic (exact) mass is 714 g/mol. The molecule has 0 atom stereocenters. The van der Waals surface area contributed by atoms with Gasteiger partial charge in [0.1, 0.15) is 0 Å². The molecule has 0 N–H and O–H groups in total. The van der Waals surface area contributed by atoms with Crippen LogP contribution in [0.4, 0.5) is 17.1 Å².